The number of hydrogen-bond acceptors (Lipinski definition) is 2. The van der Waals surface area contributed by atoms with Crippen LogP contribution in [0.4, 0.5) is 4.79 Å². The monoisotopic (exact) mass is 254 g/mol. The SMILES string of the molecule is CC(C)C1CN(C2CCC(C(=O)O)CC2)C(=O)N1. The fourth-order valence-electron chi connectivity index (χ4n) is 2.91. The molecule has 1 aliphatic carbocycles. The summed E-state index contributed by atoms with van der Waals surface area (Å²) >= 11 is 0. The van der Waals surface area contributed by atoms with Crippen LogP contribution in [0.3, 0.4) is 0 Å². The van der Waals surface area contributed by atoms with Gasteiger partial charge in [-0.25, -0.2) is 4.79 Å². The lowest BCUT2D eigenvalue weighted by Crippen LogP contribution is -2.41. The number of carbonyl (C=O) groups excluding carboxylic acids is 1. The molecule has 5 heteroatoms. The zero-order valence-corrected chi connectivity index (χ0v) is 11.1. The number of hydrogen-bond donors (Lipinski definition) is 2. The molecular weight excluding hydrogens is 232 g/mol. The Labute approximate surface area is 108 Å². The van der Waals surface area contributed by atoms with Gasteiger partial charge in [-0.05, 0) is 31.6 Å². The van der Waals surface area contributed by atoms with Gasteiger partial charge >= 0.3 is 12.0 Å². The normalized spacial score (nSPS) is 32.7. The molecule has 0 aromatic rings. The largest absolute Gasteiger partial charge is 0.481 e. The van der Waals surface area contributed by atoms with Crippen molar-refractivity contribution in [1.82, 2.24) is 10.2 Å². The summed E-state index contributed by atoms with van der Waals surface area (Å²) in [7, 11) is 0. The number of carboxylic acid groups (broad SMARTS) is 1. The molecule has 2 amide bonds. The molecule has 1 unspecified atom stereocenters. The zero-order valence-electron chi connectivity index (χ0n) is 11.1. The summed E-state index contributed by atoms with van der Waals surface area (Å²) in [5.41, 5.74) is 0. The lowest BCUT2D eigenvalue weighted by Gasteiger charge is -2.32. The van der Waals surface area contributed by atoms with Crippen molar-refractivity contribution < 1.29 is 14.7 Å². The molecule has 0 bridgehead atoms. The summed E-state index contributed by atoms with van der Waals surface area (Å²) in [5, 5.41) is 12.0. The molecule has 18 heavy (non-hydrogen) atoms. The van der Waals surface area contributed by atoms with Crippen molar-refractivity contribution in [1.29, 1.82) is 0 Å². The molecule has 2 fully saturated rings. The highest BCUT2D eigenvalue weighted by Gasteiger charge is 2.37. The molecule has 0 radical (unpaired) electrons. The van der Waals surface area contributed by atoms with Crippen molar-refractivity contribution in [3.8, 4) is 0 Å². The Morgan fingerprint density at radius 3 is 2.39 bits per heavy atom. The first-order valence-electron chi connectivity index (χ1n) is 6.79. The minimum Gasteiger partial charge on any atom is -0.481 e. The van der Waals surface area contributed by atoms with Crippen LogP contribution >= 0.6 is 0 Å². The molecule has 102 valence electrons. The van der Waals surface area contributed by atoms with E-state index < -0.39 is 5.97 Å². The number of rotatable bonds is 3. The highest BCUT2D eigenvalue weighted by Crippen LogP contribution is 2.29. The van der Waals surface area contributed by atoms with Crippen LogP contribution in [0.2, 0.25) is 0 Å². The van der Waals surface area contributed by atoms with Gasteiger partial charge in [0.2, 0.25) is 0 Å². The molecule has 0 spiro atoms. The van der Waals surface area contributed by atoms with Gasteiger partial charge in [-0.15, -0.1) is 0 Å². The van der Waals surface area contributed by atoms with Gasteiger partial charge in [-0.1, -0.05) is 13.8 Å². The van der Waals surface area contributed by atoms with Gasteiger partial charge in [-0.3, -0.25) is 4.79 Å². The van der Waals surface area contributed by atoms with Gasteiger partial charge in [0.05, 0.1) is 12.0 Å². The van der Waals surface area contributed by atoms with Gasteiger partial charge < -0.3 is 15.3 Å². The second-order valence-electron chi connectivity index (χ2n) is 5.80. The van der Waals surface area contributed by atoms with E-state index in [0.717, 1.165) is 19.4 Å². The van der Waals surface area contributed by atoms with Gasteiger partial charge in [0.15, 0.2) is 0 Å². The van der Waals surface area contributed by atoms with E-state index in [1.165, 1.54) is 0 Å². The van der Waals surface area contributed by atoms with Crippen LogP contribution in [0.25, 0.3) is 0 Å². The van der Waals surface area contributed by atoms with E-state index in [2.05, 4.69) is 19.2 Å². The fraction of sp³-hybridized carbons (Fsp3) is 0.846. The number of carbonyl (C=O) groups is 2. The minimum atomic E-state index is -0.695. The quantitative estimate of drug-likeness (QED) is 0.805. The number of carboxylic acids is 1. The molecule has 2 N–H and O–H groups in total. The second-order valence-corrected chi connectivity index (χ2v) is 5.80. The van der Waals surface area contributed by atoms with Crippen molar-refractivity contribution in [2.75, 3.05) is 6.54 Å². The molecule has 2 aliphatic rings. The van der Waals surface area contributed by atoms with Crippen molar-refractivity contribution in [2.45, 2.75) is 51.6 Å². The predicted octanol–water partition coefficient (Wildman–Crippen LogP) is 1.68. The fourth-order valence-corrected chi connectivity index (χ4v) is 2.91. The molecular formula is C13H22N2O3. The highest BCUT2D eigenvalue weighted by molar-refractivity contribution is 5.77. The molecule has 1 saturated carbocycles. The summed E-state index contributed by atoms with van der Waals surface area (Å²) in [6.07, 6.45) is 3.01. The Morgan fingerprint density at radius 2 is 1.94 bits per heavy atom. The molecule has 1 atom stereocenters. The first-order valence-corrected chi connectivity index (χ1v) is 6.79. The molecule has 1 aliphatic heterocycles. The molecule has 0 aromatic carbocycles. The van der Waals surface area contributed by atoms with E-state index in [4.69, 9.17) is 5.11 Å². The van der Waals surface area contributed by atoms with E-state index in [1.54, 1.807) is 0 Å². The molecule has 5 nitrogen and oxygen atoms in total. The van der Waals surface area contributed by atoms with E-state index in [9.17, 15) is 9.59 Å². The summed E-state index contributed by atoms with van der Waals surface area (Å²) in [6, 6.07) is 0.478. The molecule has 1 heterocycles. The number of nitrogens with zero attached hydrogens (tertiary/aromatic N) is 1. The Kier molecular flexibility index (Phi) is 3.78. The molecule has 1 saturated heterocycles. The maximum Gasteiger partial charge on any atom is 0.318 e. The number of urea groups is 1. The van der Waals surface area contributed by atoms with Crippen LogP contribution < -0.4 is 5.32 Å². The second kappa shape index (κ2) is 5.16. The molecule has 0 aromatic heterocycles. The van der Waals surface area contributed by atoms with Gasteiger partial charge in [0, 0.05) is 12.6 Å². The predicted molar refractivity (Wildman–Crippen MR) is 67.2 cm³/mol. The zero-order chi connectivity index (χ0) is 13.3. The summed E-state index contributed by atoms with van der Waals surface area (Å²) in [4.78, 5) is 24.7. The topological polar surface area (TPSA) is 69.6 Å². The van der Waals surface area contributed by atoms with Crippen molar-refractivity contribution in [3.05, 3.63) is 0 Å². The number of amides is 2. The summed E-state index contributed by atoms with van der Waals surface area (Å²) in [6.45, 7) is 4.98. The van der Waals surface area contributed by atoms with Crippen LogP contribution in [0.1, 0.15) is 39.5 Å². The molecule has 2 rings (SSSR count). The lowest BCUT2D eigenvalue weighted by molar-refractivity contribution is -0.143. The van der Waals surface area contributed by atoms with E-state index in [-0.39, 0.29) is 24.0 Å². The third-order valence-corrected chi connectivity index (χ3v) is 4.25. The van der Waals surface area contributed by atoms with Gasteiger partial charge in [0.25, 0.3) is 0 Å². The number of nitrogens with one attached hydrogen (secondary N) is 1. The van der Waals surface area contributed by atoms with Crippen molar-refractivity contribution in [3.63, 3.8) is 0 Å². The standard InChI is InChI=1S/C13H22N2O3/c1-8(2)11-7-15(13(18)14-11)10-5-3-9(4-6-10)12(16)17/h8-11H,3-7H2,1-2H3,(H,14,18)(H,16,17). The van der Waals surface area contributed by atoms with Crippen LogP contribution in [-0.2, 0) is 4.79 Å². The minimum absolute atomic E-state index is 0.0208. The van der Waals surface area contributed by atoms with Crippen LogP contribution in [0.15, 0.2) is 0 Å². The highest BCUT2D eigenvalue weighted by atomic mass is 16.4. The van der Waals surface area contributed by atoms with Gasteiger partial charge in [-0.2, -0.15) is 0 Å². The van der Waals surface area contributed by atoms with E-state index in [0.29, 0.717) is 18.8 Å². The van der Waals surface area contributed by atoms with Crippen molar-refractivity contribution in [2.24, 2.45) is 11.8 Å². The summed E-state index contributed by atoms with van der Waals surface area (Å²) in [5.74, 6) is -0.471. The number of aliphatic carboxylic acids is 1. The van der Waals surface area contributed by atoms with Crippen LogP contribution in [0, 0.1) is 11.8 Å². The van der Waals surface area contributed by atoms with E-state index >= 15 is 0 Å². The van der Waals surface area contributed by atoms with E-state index in [1.807, 2.05) is 4.90 Å². The Bertz CT molecular complexity index is 335. The Balaban J connectivity index is 1.90. The third-order valence-electron chi connectivity index (χ3n) is 4.25. The smallest absolute Gasteiger partial charge is 0.318 e. The van der Waals surface area contributed by atoms with Gasteiger partial charge in [0.1, 0.15) is 0 Å². The Hall–Kier alpha value is -1.26. The van der Waals surface area contributed by atoms with Crippen LogP contribution in [-0.4, -0.2) is 40.6 Å². The first kappa shape index (κ1) is 13.2. The Morgan fingerprint density at radius 1 is 1.33 bits per heavy atom. The maximum atomic E-state index is 11.9. The third kappa shape index (κ3) is 2.60. The first-order chi connectivity index (χ1) is 8.49. The van der Waals surface area contributed by atoms with Crippen LogP contribution in [0.5, 0.6) is 0 Å². The maximum absolute atomic E-state index is 11.9. The van der Waals surface area contributed by atoms with Crippen molar-refractivity contribution >= 4 is 12.0 Å². The summed E-state index contributed by atoms with van der Waals surface area (Å²) < 4.78 is 0. The lowest BCUT2D eigenvalue weighted by atomic mass is 9.85. The average molecular weight is 254 g/mol. The average Bonchev–Trinajstić information content (AvgIpc) is 2.71.